The summed E-state index contributed by atoms with van der Waals surface area (Å²) in [5.41, 5.74) is 1.79. The highest BCUT2D eigenvalue weighted by molar-refractivity contribution is 5.68. The Balaban J connectivity index is 2.18. The predicted octanol–water partition coefficient (Wildman–Crippen LogP) is 4.65. The van der Waals surface area contributed by atoms with Gasteiger partial charge in [-0.15, -0.1) is 0 Å². The summed E-state index contributed by atoms with van der Waals surface area (Å²) in [5.74, 6) is 0.539. The van der Waals surface area contributed by atoms with Crippen molar-refractivity contribution < 1.29 is 9.53 Å². The Labute approximate surface area is 127 Å². The Kier molecular flexibility index (Phi) is 4.40. The third-order valence-corrected chi connectivity index (χ3v) is 3.68. The largest absolute Gasteiger partial charge is 0.444 e. The fourth-order valence-electron chi connectivity index (χ4n) is 2.50. The summed E-state index contributed by atoms with van der Waals surface area (Å²) >= 11 is 0. The summed E-state index contributed by atoms with van der Waals surface area (Å²) < 4.78 is 5.50. The van der Waals surface area contributed by atoms with Crippen LogP contribution in [0.25, 0.3) is 6.08 Å². The van der Waals surface area contributed by atoms with Gasteiger partial charge in [-0.2, -0.15) is 0 Å². The molecule has 1 aromatic rings. The molecule has 1 unspecified atom stereocenters. The predicted molar refractivity (Wildman–Crippen MR) is 86.0 cm³/mol. The molecular formula is C18H25NO2. The minimum absolute atomic E-state index is 0.0960. The van der Waals surface area contributed by atoms with Gasteiger partial charge in [-0.25, -0.2) is 4.79 Å². The van der Waals surface area contributed by atoms with Gasteiger partial charge < -0.3 is 9.64 Å². The van der Waals surface area contributed by atoms with Crippen molar-refractivity contribution in [1.29, 1.82) is 0 Å². The van der Waals surface area contributed by atoms with Gasteiger partial charge in [0.25, 0.3) is 0 Å². The highest BCUT2D eigenvalue weighted by atomic mass is 16.6. The molecule has 0 spiro atoms. The molecule has 1 aliphatic rings. The molecule has 1 saturated carbocycles. The molecule has 0 aromatic heterocycles. The number of benzene rings is 1. The van der Waals surface area contributed by atoms with E-state index in [1.165, 1.54) is 12.8 Å². The molecule has 2 rings (SSSR count). The topological polar surface area (TPSA) is 29.5 Å². The summed E-state index contributed by atoms with van der Waals surface area (Å²) in [7, 11) is 1.83. The van der Waals surface area contributed by atoms with Crippen molar-refractivity contribution in [2.24, 2.45) is 5.92 Å². The highest BCUT2D eigenvalue weighted by Gasteiger charge is 2.38. The van der Waals surface area contributed by atoms with Crippen LogP contribution in [0.4, 0.5) is 4.79 Å². The normalized spacial score (nSPS) is 16.2. The van der Waals surface area contributed by atoms with E-state index in [2.05, 4.69) is 18.7 Å². The number of carbonyl (C=O) groups excluding carboxylic acids is 1. The van der Waals surface area contributed by atoms with Gasteiger partial charge in [0.05, 0.1) is 6.04 Å². The molecule has 1 amide bonds. The van der Waals surface area contributed by atoms with Gasteiger partial charge in [0.15, 0.2) is 0 Å². The second-order valence-electron chi connectivity index (χ2n) is 6.74. The molecule has 1 atom stereocenters. The second-order valence-corrected chi connectivity index (χ2v) is 6.74. The molecule has 3 heteroatoms. The summed E-state index contributed by atoms with van der Waals surface area (Å²) in [4.78, 5) is 14.1. The van der Waals surface area contributed by atoms with Gasteiger partial charge in [-0.3, -0.25) is 0 Å². The number of ether oxygens (including phenoxy) is 1. The smallest absolute Gasteiger partial charge is 0.410 e. The molecule has 21 heavy (non-hydrogen) atoms. The zero-order valence-electron chi connectivity index (χ0n) is 13.4. The first-order valence-electron chi connectivity index (χ1n) is 7.50. The van der Waals surface area contributed by atoms with Gasteiger partial charge in [0.2, 0.25) is 0 Å². The zero-order valence-corrected chi connectivity index (χ0v) is 13.4. The number of rotatable bonds is 4. The molecule has 1 aliphatic carbocycles. The van der Waals surface area contributed by atoms with Crippen LogP contribution >= 0.6 is 0 Å². The zero-order chi connectivity index (χ0) is 15.6. The van der Waals surface area contributed by atoms with Crippen LogP contribution < -0.4 is 0 Å². The van der Waals surface area contributed by atoms with E-state index in [-0.39, 0.29) is 12.1 Å². The summed E-state index contributed by atoms with van der Waals surface area (Å²) in [6, 6.07) is 8.35. The average Bonchev–Trinajstić information content (AvgIpc) is 3.22. The van der Waals surface area contributed by atoms with E-state index in [1.54, 1.807) is 4.90 Å². The number of nitrogens with zero attached hydrogens (tertiary/aromatic N) is 1. The van der Waals surface area contributed by atoms with E-state index < -0.39 is 5.60 Å². The van der Waals surface area contributed by atoms with Crippen LogP contribution in [0.3, 0.4) is 0 Å². The molecule has 0 radical (unpaired) electrons. The van der Waals surface area contributed by atoms with Crippen molar-refractivity contribution in [3.8, 4) is 0 Å². The Morgan fingerprint density at radius 3 is 2.33 bits per heavy atom. The van der Waals surface area contributed by atoms with Crippen molar-refractivity contribution in [2.75, 3.05) is 7.05 Å². The first-order valence-corrected chi connectivity index (χ1v) is 7.50. The molecule has 114 valence electrons. The quantitative estimate of drug-likeness (QED) is 0.807. The Bertz CT molecular complexity index is 509. The maximum Gasteiger partial charge on any atom is 0.410 e. The summed E-state index contributed by atoms with van der Waals surface area (Å²) in [6.45, 7) is 9.45. The molecule has 3 nitrogen and oxygen atoms in total. The van der Waals surface area contributed by atoms with Crippen molar-refractivity contribution in [3.05, 3.63) is 42.0 Å². The van der Waals surface area contributed by atoms with Gasteiger partial charge >= 0.3 is 6.09 Å². The number of hydrogen-bond donors (Lipinski definition) is 0. The highest BCUT2D eigenvalue weighted by Crippen LogP contribution is 2.44. The SMILES string of the molecule is C=Cc1ccc(C(C2CC2)N(C)C(=O)OC(C)(C)C)cc1. The lowest BCUT2D eigenvalue weighted by atomic mass is 10.00. The van der Waals surface area contributed by atoms with E-state index in [0.29, 0.717) is 5.92 Å². The average molecular weight is 287 g/mol. The van der Waals surface area contributed by atoms with Crippen LogP contribution in [0, 0.1) is 5.92 Å². The van der Waals surface area contributed by atoms with Crippen LogP contribution in [0.15, 0.2) is 30.8 Å². The third-order valence-electron chi connectivity index (χ3n) is 3.68. The molecular weight excluding hydrogens is 262 g/mol. The van der Waals surface area contributed by atoms with Crippen LogP contribution in [-0.4, -0.2) is 23.6 Å². The van der Waals surface area contributed by atoms with Crippen LogP contribution in [-0.2, 0) is 4.74 Å². The number of hydrogen-bond acceptors (Lipinski definition) is 2. The lowest BCUT2D eigenvalue weighted by molar-refractivity contribution is 0.0199. The third kappa shape index (κ3) is 4.10. The standard InChI is InChI=1S/C18H25NO2/c1-6-13-7-9-14(10-8-13)16(15-11-12-15)19(5)17(20)21-18(2,3)4/h6-10,15-16H,1,11-12H2,2-5H3. The Morgan fingerprint density at radius 1 is 1.33 bits per heavy atom. The molecule has 1 fully saturated rings. The van der Waals surface area contributed by atoms with Gasteiger partial charge in [0.1, 0.15) is 5.60 Å². The van der Waals surface area contributed by atoms with E-state index in [0.717, 1.165) is 11.1 Å². The van der Waals surface area contributed by atoms with Crippen LogP contribution in [0.1, 0.15) is 50.8 Å². The summed E-state index contributed by atoms with van der Waals surface area (Å²) in [5, 5.41) is 0. The van der Waals surface area contributed by atoms with Gasteiger partial charge in [0, 0.05) is 7.05 Å². The first kappa shape index (κ1) is 15.6. The first-order chi connectivity index (χ1) is 9.81. The molecule has 0 aliphatic heterocycles. The Hall–Kier alpha value is -1.77. The maximum absolute atomic E-state index is 12.3. The van der Waals surface area contributed by atoms with Crippen molar-refractivity contribution in [3.63, 3.8) is 0 Å². The maximum atomic E-state index is 12.3. The van der Waals surface area contributed by atoms with Crippen molar-refractivity contribution in [2.45, 2.75) is 45.3 Å². The fraction of sp³-hybridized carbons (Fsp3) is 0.500. The molecule has 0 bridgehead atoms. The minimum Gasteiger partial charge on any atom is -0.444 e. The minimum atomic E-state index is -0.466. The molecule has 1 aromatic carbocycles. The number of amides is 1. The van der Waals surface area contributed by atoms with E-state index in [9.17, 15) is 4.79 Å². The van der Waals surface area contributed by atoms with Crippen molar-refractivity contribution in [1.82, 2.24) is 4.90 Å². The summed E-state index contributed by atoms with van der Waals surface area (Å²) in [6.07, 6.45) is 3.90. The fourth-order valence-corrected chi connectivity index (χ4v) is 2.50. The molecule has 0 N–H and O–H groups in total. The molecule has 0 heterocycles. The second kappa shape index (κ2) is 5.92. The van der Waals surface area contributed by atoms with E-state index in [4.69, 9.17) is 4.74 Å². The van der Waals surface area contributed by atoms with Gasteiger partial charge in [-0.05, 0) is 50.7 Å². The lowest BCUT2D eigenvalue weighted by Crippen LogP contribution is -2.37. The lowest BCUT2D eigenvalue weighted by Gasteiger charge is -2.31. The number of carbonyl (C=O) groups is 1. The van der Waals surface area contributed by atoms with Crippen LogP contribution in [0.2, 0.25) is 0 Å². The Morgan fingerprint density at radius 2 is 1.90 bits per heavy atom. The van der Waals surface area contributed by atoms with Gasteiger partial charge in [-0.1, -0.05) is 36.9 Å². The van der Waals surface area contributed by atoms with E-state index in [1.807, 2.05) is 46.0 Å². The molecule has 0 saturated heterocycles. The van der Waals surface area contributed by atoms with E-state index >= 15 is 0 Å². The van der Waals surface area contributed by atoms with Crippen molar-refractivity contribution >= 4 is 12.2 Å². The van der Waals surface area contributed by atoms with Crippen LogP contribution in [0.5, 0.6) is 0 Å². The monoisotopic (exact) mass is 287 g/mol.